The standard InChI is InChI=1S/C9H15N5O7S.Na/c10-2-5-1-6(12-20-4-8(11)15)7-3-13(5)9(16)14(7)21-22(17,18)19;/h5,7H,1-4,10H2,(H2,11,15)(H,17,18,19);/t5-,7-;/m0./s1. The molecular formula is C9H15N5NaO7S. The van der Waals surface area contributed by atoms with E-state index >= 15 is 0 Å². The minimum atomic E-state index is -5.12. The third-order valence-corrected chi connectivity index (χ3v) is 3.59. The molecule has 3 amide bonds. The van der Waals surface area contributed by atoms with Crippen molar-refractivity contribution in [3.63, 3.8) is 0 Å². The summed E-state index contributed by atoms with van der Waals surface area (Å²) in [5.41, 5.74) is 8.87. The van der Waals surface area contributed by atoms with E-state index in [1.807, 2.05) is 0 Å². The molecule has 5 N–H and O–H groups in total. The Bertz CT molecular complexity index is 611. The molecule has 0 aromatic heterocycles. The van der Waals surface area contributed by atoms with Crippen LogP contribution in [0, 0.1) is 0 Å². The SMILES string of the molecule is NC(=O)CON=C1C[C@@H](C[NH3+])N2C[C@@H]1N(OS(=O)(=O)[O-])C2=O.[Na]. The van der Waals surface area contributed by atoms with Gasteiger partial charge >= 0.3 is 6.03 Å². The fourth-order valence-electron chi connectivity index (χ4n) is 2.35. The number of hydrogen-bond donors (Lipinski definition) is 2. The van der Waals surface area contributed by atoms with Crippen molar-refractivity contribution in [1.82, 2.24) is 9.96 Å². The monoisotopic (exact) mass is 360 g/mol. The van der Waals surface area contributed by atoms with Gasteiger partial charge in [0.15, 0.2) is 6.61 Å². The Kier molecular flexibility index (Phi) is 6.76. The van der Waals surface area contributed by atoms with Gasteiger partial charge in [0.25, 0.3) is 5.91 Å². The fourth-order valence-corrected chi connectivity index (χ4v) is 2.71. The number of carbonyl (C=O) groups excluding carboxylic acids is 2. The molecule has 2 aliphatic rings. The van der Waals surface area contributed by atoms with Crippen molar-refractivity contribution in [3.05, 3.63) is 0 Å². The summed E-state index contributed by atoms with van der Waals surface area (Å²) in [5, 5.41) is 4.15. The van der Waals surface area contributed by atoms with Crippen LogP contribution in [0.25, 0.3) is 0 Å². The zero-order chi connectivity index (χ0) is 16.5. The number of fused-ring (bicyclic) bond motifs is 2. The Morgan fingerprint density at radius 1 is 1.52 bits per heavy atom. The number of amides is 3. The molecule has 0 saturated carbocycles. The first-order valence-electron chi connectivity index (χ1n) is 6.24. The van der Waals surface area contributed by atoms with E-state index in [0.717, 1.165) is 0 Å². The molecular weight excluding hydrogens is 345 g/mol. The van der Waals surface area contributed by atoms with Crippen LogP contribution in [-0.2, 0) is 24.3 Å². The van der Waals surface area contributed by atoms with Crippen LogP contribution in [0.4, 0.5) is 4.79 Å². The third kappa shape index (κ3) is 4.76. The summed E-state index contributed by atoms with van der Waals surface area (Å²) < 4.78 is 36.4. The minimum absolute atomic E-state index is 0. The summed E-state index contributed by atoms with van der Waals surface area (Å²) in [6.45, 7) is -0.0534. The molecule has 14 heteroatoms. The van der Waals surface area contributed by atoms with E-state index in [1.54, 1.807) is 0 Å². The van der Waals surface area contributed by atoms with Crippen molar-refractivity contribution in [2.75, 3.05) is 19.7 Å². The number of rotatable bonds is 6. The molecule has 2 rings (SSSR count). The number of carbonyl (C=O) groups is 2. The summed E-state index contributed by atoms with van der Waals surface area (Å²) in [6.07, 6.45) is 0.247. The minimum Gasteiger partial charge on any atom is -0.724 e. The van der Waals surface area contributed by atoms with E-state index in [1.165, 1.54) is 4.90 Å². The van der Waals surface area contributed by atoms with Gasteiger partial charge in [-0.25, -0.2) is 13.2 Å². The first-order valence-corrected chi connectivity index (χ1v) is 7.57. The molecule has 12 nitrogen and oxygen atoms in total. The number of hydroxylamine groups is 2. The van der Waals surface area contributed by atoms with Crippen LogP contribution in [0.1, 0.15) is 6.42 Å². The van der Waals surface area contributed by atoms with Crippen LogP contribution in [-0.4, -0.2) is 102 Å². The predicted octanol–water partition coefficient (Wildman–Crippen LogP) is -4.02. The van der Waals surface area contributed by atoms with Crippen LogP contribution < -0.4 is 11.5 Å². The summed E-state index contributed by atoms with van der Waals surface area (Å²) in [7, 11) is -5.12. The van der Waals surface area contributed by atoms with Gasteiger partial charge in [0.1, 0.15) is 6.04 Å². The zero-order valence-electron chi connectivity index (χ0n) is 12.4. The van der Waals surface area contributed by atoms with Crippen molar-refractivity contribution in [3.8, 4) is 0 Å². The maximum Gasteiger partial charge on any atom is 0.346 e. The number of hydrogen-bond acceptors (Lipinski definition) is 8. The van der Waals surface area contributed by atoms with Crippen molar-refractivity contribution in [2.45, 2.75) is 18.5 Å². The number of urea groups is 1. The van der Waals surface area contributed by atoms with Gasteiger partial charge < -0.3 is 25.8 Å². The van der Waals surface area contributed by atoms with Gasteiger partial charge in [0.05, 0.1) is 24.8 Å². The first-order chi connectivity index (χ1) is 10.2. The Morgan fingerprint density at radius 3 is 2.70 bits per heavy atom. The molecule has 2 heterocycles. The molecule has 1 radical (unpaired) electrons. The molecule has 23 heavy (non-hydrogen) atoms. The van der Waals surface area contributed by atoms with E-state index in [-0.39, 0.29) is 54.3 Å². The Morgan fingerprint density at radius 2 is 2.17 bits per heavy atom. The van der Waals surface area contributed by atoms with Crippen LogP contribution >= 0.6 is 0 Å². The molecule has 0 unspecified atom stereocenters. The van der Waals surface area contributed by atoms with Gasteiger partial charge in [0.2, 0.25) is 10.4 Å². The topological polar surface area (TPSA) is 182 Å². The second-order valence-corrected chi connectivity index (χ2v) is 5.69. The largest absolute Gasteiger partial charge is 0.724 e. The van der Waals surface area contributed by atoms with Gasteiger partial charge in [-0.05, 0) is 0 Å². The van der Waals surface area contributed by atoms with E-state index in [9.17, 15) is 22.6 Å². The van der Waals surface area contributed by atoms with Crippen molar-refractivity contribution < 1.29 is 37.4 Å². The van der Waals surface area contributed by atoms with Crippen molar-refractivity contribution in [2.24, 2.45) is 10.9 Å². The number of oxime groups is 1. The summed E-state index contributed by atoms with van der Waals surface area (Å²) in [5.74, 6) is -0.742. The normalized spacial score (nSPS) is 25.5. The first kappa shape index (κ1) is 20.1. The van der Waals surface area contributed by atoms with Gasteiger partial charge in [-0.3, -0.25) is 4.79 Å². The van der Waals surface area contributed by atoms with E-state index in [2.05, 4.69) is 15.2 Å². The van der Waals surface area contributed by atoms with E-state index in [0.29, 0.717) is 11.6 Å². The predicted molar refractivity (Wildman–Crippen MR) is 73.0 cm³/mol. The summed E-state index contributed by atoms with van der Waals surface area (Å²) in [4.78, 5) is 28.8. The average molecular weight is 360 g/mol. The average Bonchev–Trinajstić information content (AvgIpc) is 2.66. The van der Waals surface area contributed by atoms with Crippen LogP contribution in [0.3, 0.4) is 0 Å². The van der Waals surface area contributed by atoms with E-state index < -0.39 is 35.0 Å². The smallest absolute Gasteiger partial charge is 0.346 e. The molecule has 0 aromatic rings. The number of nitrogens with zero attached hydrogens (tertiary/aromatic N) is 3. The maximum atomic E-state index is 12.1. The van der Waals surface area contributed by atoms with Gasteiger partial charge in [-0.15, -0.1) is 0 Å². The summed E-state index contributed by atoms with van der Waals surface area (Å²) >= 11 is 0. The van der Waals surface area contributed by atoms with Gasteiger partial charge in [-0.1, -0.05) is 5.16 Å². The molecule has 2 bridgehead atoms. The molecule has 125 valence electrons. The third-order valence-electron chi connectivity index (χ3n) is 3.25. The quantitative estimate of drug-likeness (QED) is 0.209. The van der Waals surface area contributed by atoms with Crippen LogP contribution in [0.2, 0.25) is 0 Å². The molecule has 0 spiro atoms. The van der Waals surface area contributed by atoms with Crippen molar-refractivity contribution in [1.29, 1.82) is 0 Å². The molecule has 2 fully saturated rings. The fraction of sp³-hybridized carbons (Fsp3) is 0.667. The molecule has 0 aromatic carbocycles. The zero-order valence-corrected chi connectivity index (χ0v) is 15.2. The molecule has 2 saturated heterocycles. The Balaban J connectivity index is 0.00000264. The Labute approximate surface area is 153 Å². The maximum absolute atomic E-state index is 12.1. The number of nitrogens with two attached hydrogens (primary N) is 1. The molecule has 0 aliphatic carbocycles. The van der Waals surface area contributed by atoms with Gasteiger partial charge in [0, 0.05) is 36.0 Å². The second-order valence-electron chi connectivity index (χ2n) is 4.73. The molecule has 2 atom stereocenters. The van der Waals surface area contributed by atoms with Gasteiger partial charge in [-0.2, -0.15) is 9.35 Å². The molecule has 2 aliphatic heterocycles. The van der Waals surface area contributed by atoms with Crippen LogP contribution in [0.15, 0.2) is 5.16 Å². The van der Waals surface area contributed by atoms with E-state index in [4.69, 9.17) is 10.6 Å². The Hall–Kier alpha value is -0.960. The number of quaternary nitrogens is 1. The van der Waals surface area contributed by atoms with Crippen molar-refractivity contribution >= 4 is 57.6 Å². The second kappa shape index (κ2) is 7.74. The summed E-state index contributed by atoms with van der Waals surface area (Å²) in [6, 6.07) is -2.01. The van der Waals surface area contributed by atoms with Crippen LogP contribution in [0.5, 0.6) is 0 Å². The number of primary amides is 1. The number of piperidine rings is 1.